The fourth-order valence-corrected chi connectivity index (χ4v) is 3.68. The Labute approximate surface area is 267 Å². The van der Waals surface area contributed by atoms with Crippen LogP contribution in [0.25, 0.3) is 33.8 Å². The Morgan fingerprint density at radius 1 is 0.442 bits per heavy atom. The van der Waals surface area contributed by atoms with Crippen molar-refractivity contribution in [2.75, 3.05) is 0 Å². The number of pyridine rings is 3. The summed E-state index contributed by atoms with van der Waals surface area (Å²) >= 11 is 0. The van der Waals surface area contributed by atoms with Gasteiger partial charge in [-0.2, -0.15) is 0 Å². The van der Waals surface area contributed by atoms with Gasteiger partial charge in [0.05, 0.1) is 0 Å². The van der Waals surface area contributed by atoms with Crippen LogP contribution in [0.15, 0.2) is 128 Å². The number of aromatic nitrogens is 3. The second-order valence-electron chi connectivity index (χ2n) is 8.55. The Morgan fingerprint density at radius 2 is 0.744 bits per heavy atom. The summed E-state index contributed by atoms with van der Waals surface area (Å²) in [5.41, 5.74) is 8.03. The standard InChI is InChI=1S/3C13H8N.Ir/c3*1-2-11-6-5-7-12(10-11)13-8-3-4-9-14-13;/h3*1,3-6,8-10H;/q3*-1;+3. The van der Waals surface area contributed by atoms with Gasteiger partial charge in [-0.1, -0.05) is 70.8 Å². The average Bonchev–Trinajstić information content (AvgIpc) is 3.10. The zero-order valence-electron chi connectivity index (χ0n) is 23.0. The molecule has 3 nitrogen and oxygen atoms in total. The Kier molecular flexibility index (Phi) is 12.9. The molecule has 0 bridgehead atoms. The first-order chi connectivity index (χ1) is 20.7. The van der Waals surface area contributed by atoms with E-state index >= 15 is 0 Å². The van der Waals surface area contributed by atoms with Gasteiger partial charge >= 0.3 is 20.1 Å². The van der Waals surface area contributed by atoms with Gasteiger partial charge in [0, 0.05) is 18.6 Å². The third kappa shape index (κ3) is 9.79. The predicted molar refractivity (Wildman–Crippen MR) is 169 cm³/mol. The maximum Gasteiger partial charge on any atom is 3.00 e. The van der Waals surface area contributed by atoms with E-state index in [4.69, 9.17) is 19.3 Å². The topological polar surface area (TPSA) is 38.7 Å². The van der Waals surface area contributed by atoms with Gasteiger partial charge in [0.15, 0.2) is 0 Å². The minimum absolute atomic E-state index is 0. The molecule has 0 aliphatic heterocycles. The molecule has 3 heterocycles. The molecule has 0 spiro atoms. The van der Waals surface area contributed by atoms with Crippen LogP contribution in [0.4, 0.5) is 0 Å². The van der Waals surface area contributed by atoms with Crippen molar-refractivity contribution in [3.63, 3.8) is 0 Å². The molecule has 0 aliphatic rings. The molecule has 0 saturated heterocycles. The second kappa shape index (κ2) is 17.3. The van der Waals surface area contributed by atoms with E-state index in [0.717, 1.165) is 50.5 Å². The quantitative estimate of drug-likeness (QED) is 0.140. The third-order valence-corrected chi connectivity index (χ3v) is 5.73. The molecule has 0 atom stereocenters. The maximum atomic E-state index is 5.31. The van der Waals surface area contributed by atoms with Crippen molar-refractivity contribution in [3.05, 3.63) is 163 Å². The first-order valence-corrected chi connectivity index (χ1v) is 12.9. The number of terminal acetylenes is 3. The Balaban J connectivity index is 0.000000175. The van der Waals surface area contributed by atoms with Crippen LogP contribution in [0.1, 0.15) is 16.7 Å². The normalized spacial score (nSPS) is 9.14. The second-order valence-corrected chi connectivity index (χ2v) is 8.55. The van der Waals surface area contributed by atoms with Crippen molar-refractivity contribution in [1.82, 2.24) is 15.0 Å². The SMILES string of the molecule is C#Cc1cc[c-]c(-c2ccccn2)c1.C#Cc1cc[c-]c(-c2ccccn2)c1.C#Cc1cc[c-]c(-c2ccccn2)c1.[Ir+3]. The van der Waals surface area contributed by atoms with E-state index in [2.05, 4.69) is 50.9 Å². The first-order valence-electron chi connectivity index (χ1n) is 12.9. The van der Waals surface area contributed by atoms with Crippen LogP contribution >= 0.6 is 0 Å². The molecule has 204 valence electrons. The van der Waals surface area contributed by atoms with Crippen LogP contribution in [0, 0.1) is 55.2 Å². The average molecular weight is 727 g/mol. The summed E-state index contributed by atoms with van der Waals surface area (Å²) in [4.78, 5) is 12.7. The molecule has 0 radical (unpaired) electrons. The molecule has 0 N–H and O–H groups in total. The van der Waals surface area contributed by atoms with Gasteiger partial charge in [-0.15, -0.1) is 109 Å². The minimum atomic E-state index is 0. The number of hydrogen-bond acceptors (Lipinski definition) is 3. The fourth-order valence-electron chi connectivity index (χ4n) is 3.68. The molecular formula is C39H24IrN3. The smallest absolute Gasteiger partial charge is 0.305 e. The molecule has 0 amide bonds. The van der Waals surface area contributed by atoms with Gasteiger partial charge < -0.3 is 15.0 Å². The van der Waals surface area contributed by atoms with Crippen LogP contribution in [0.3, 0.4) is 0 Å². The molecule has 6 aromatic rings. The van der Waals surface area contributed by atoms with Gasteiger partial charge in [-0.3, -0.25) is 0 Å². The van der Waals surface area contributed by atoms with E-state index < -0.39 is 0 Å². The van der Waals surface area contributed by atoms with Crippen molar-refractivity contribution >= 4 is 0 Å². The molecule has 0 aliphatic carbocycles. The van der Waals surface area contributed by atoms with Gasteiger partial charge in [0.1, 0.15) is 0 Å². The third-order valence-electron chi connectivity index (χ3n) is 5.73. The van der Waals surface area contributed by atoms with Crippen LogP contribution in [-0.2, 0) is 20.1 Å². The zero-order chi connectivity index (χ0) is 29.4. The molecule has 0 fully saturated rings. The van der Waals surface area contributed by atoms with Gasteiger partial charge in [0.25, 0.3) is 0 Å². The first kappa shape index (κ1) is 32.0. The van der Waals surface area contributed by atoms with E-state index in [0.29, 0.717) is 0 Å². The number of hydrogen-bond donors (Lipinski definition) is 0. The van der Waals surface area contributed by atoms with Gasteiger partial charge in [0.2, 0.25) is 0 Å². The Morgan fingerprint density at radius 3 is 0.977 bits per heavy atom. The molecule has 0 saturated carbocycles. The number of nitrogens with zero attached hydrogens (tertiary/aromatic N) is 3. The Hall–Kier alpha value is -5.56. The molecule has 3 aromatic heterocycles. The van der Waals surface area contributed by atoms with E-state index in [1.165, 1.54) is 0 Å². The minimum Gasteiger partial charge on any atom is -0.305 e. The fraction of sp³-hybridized carbons (Fsp3) is 0. The van der Waals surface area contributed by atoms with Crippen molar-refractivity contribution in [3.8, 4) is 70.8 Å². The van der Waals surface area contributed by atoms with Crippen molar-refractivity contribution in [2.24, 2.45) is 0 Å². The predicted octanol–water partition coefficient (Wildman–Crippen LogP) is 7.59. The van der Waals surface area contributed by atoms with Crippen LogP contribution in [0.2, 0.25) is 0 Å². The molecule has 43 heavy (non-hydrogen) atoms. The van der Waals surface area contributed by atoms with E-state index in [9.17, 15) is 0 Å². The van der Waals surface area contributed by atoms with Crippen LogP contribution in [-0.4, -0.2) is 15.0 Å². The molecule has 3 aromatic carbocycles. The van der Waals surface area contributed by atoms with Crippen molar-refractivity contribution in [1.29, 1.82) is 0 Å². The Bertz CT molecular complexity index is 1630. The van der Waals surface area contributed by atoms with Gasteiger partial charge in [-0.05, 0) is 35.3 Å². The maximum absolute atomic E-state index is 5.31. The summed E-state index contributed by atoms with van der Waals surface area (Å²) in [5.74, 6) is 7.77. The van der Waals surface area contributed by atoms with Gasteiger partial charge in [-0.25, -0.2) is 0 Å². The van der Waals surface area contributed by atoms with Crippen molar-refractivity contribution in [2.45, 2.75) is 0 Å². The molecule has 4 heteroatoms. The summed E-state index contributed by atoms with van der Waals surface area (Å²) in [5, 5.41) is 0. The largest absolute Gasteiger partial charge is 3.00 e. The number of rotatable bonds is 3. The number of benzene rings is 3. The molecule has 0 unspecified atom stereocenters. The summed E-state index contributed by atoms with van der Waals surface area (Å²) in [6, 6.07) is 43.3. The monoisotopic (exact) mass is 727 g/mol. The summed E-state index contributed by atoms with van der Waals surface area (Å²) < 4.78 is 0. The molecular weight excluding hydrogens is 703 g/mol. The molecule has 6 rings (SSSR count). The summed E-state index contributed by atoms with van der Waals surface area (Å²) in [7, 11) is 0. The van der Waals surface area contributed by atoms with E-state index in [1.54, 1.807) is 18.6 Å². The zero-order valence-corrected chi connectivity index (χ0v) is 25.4. The van der Waals surface area contributed by atoms with Crippen LogP contribution < -0.4 is 0 Å². The summed E-state index contributed by atoms with van der Waals surface area (Å²) in [6.07, 6.45) is 21.2. The summed E-state index contributed by atoms with van der Waals surface area (Å²) in [6.45, 7) is 0. The van der Waals surface area contributed by atoms with Crippen molar-refractivity contribution < 1.29 is 20.1 Å². The van der Waals surface area contributed by atoms with E-state index in [-0.39, 0.29) is 20.1 Å². The van der Waals surface area contributed by atoms with E-state index in [1.807, 2.05) is 109 Å². The van der Waals surface area contributed by atoms with Crippen LogP contribution in [0.5, 0.6) is 0 Å².